The van der Waals surface area contributed by atoms with Crippen molar-refractivity contribution >= 4 is 12.0 Å². The van der Waals surface area contributed by atoms with Crippen LogP contribution in [0.2, 0.25) is 0 Å². The number of hydrogen-bond donors (Lipinski definition) is 3. The van der Waals surface area contributed by atoms with E-state index in [2.05, 4.69) is 60.8 Å². The van der Waals surface area contributed by atoms with Crippen LogP contribution in [-0.2, 0) is 10.3 Å². The van der Waals surface area contributed by atoms with Crippen LogP contribution < -0.4 is 10.6 Å². The van der Waals surface area contributed by atoms with Gasteiger partial charge in [0.1, 0.15) is 6.54 Å². The summed E-state index contributed by atoms with van der Waals surface area (Å²) in [4.78, 5) is 24.5. The van der Waals surface area contributed by atoms with Crippen molar-refractivity contribution in [3.8, 4) is 0 Å². The predicted octanol–water partition coefficient (Wildman–Crippen LogP) is 2.41. The molecule has 6 heteroatoms. The van der Waals surface area contributed by atoms with Crippen molar-refractivity contribution in [2.45, 2.75) is 38.1 Å². The van der Waals surface area contributed by atoms with Crippen molar-refractivity contribution in [3.05, 3.63) is 35.9 Å². The van der Waals surface area contributed by atoms with E-state index in [1.807, 2.05) is 6.07 Å². The number of hydrogen-bond acceptors (Lipinski definition) is 3. The summed E-state index contributed by atoms with van der Waals surface area (Å²) in [6.07, 6.45) is 4.05. The Morgan fingerprint density at radius 3 is 2.20 bits per heavy atom. The molecule has 1 aromatic carbocycles. The van der Waals surface area contributed by atoms with Gasteiger partial charge >= 0.3 is 12.0 Å². The number of carbonyl (C=O) groups excluding carboxylic acids is 1. The Balaban J connectivity index is 1.96. The number of nitrogens with one attached hydrogen (secondary N) is 2. The molecule has 1 aliphatic rings. The highest BCUT2D eigenvalue weighted by Gasteiger charge is 2.42. The minimum absolute atomic E-state index is 0.0227. The number of urea groups is 1. The number of amides is 2. The van der Waals surface area contributed by atoms with E-state index in [0.29, 0.717) is 6.54 Å². The number of carboxylic acids is 1. The first kappa shape index (κ1) is 19.2. The molecule has 138 valence electrons. The maximum Gasteiger partial charge on any atom is 0.323 e. The molecule has 3 N–H and O–H groups in total. The highest BCUT2D eigenvalue weighted by atomic mass is 16.4. The SMILES string of the molecule is CN(C)[C@]1(c2ccccc2)CC[C@@](C)(CNC(=O)NCC(=O)O)CC1. The lowest BCUT2D eigenvalue weighted by atomic mass is 9.65. The van der Waals surface area contributed by atoms with Gasteiger partial charge in [-0.1, -0.05) is 37.3 Å². The maximum atomic E-state index is 11.7. The maximum absolute atomic E-state index is 11.7. The van der Waals surface area contributed by atoms with Crippen molar-refractivity contribution in [2.24, 2.45) is 5.41 Å². The van der Waals surface area contributed by atoms with Gasteiger partial charge in [0.15, 0.2) is 0 Å². The van der Waals surface area contributed by atoms with Crippen molar-refractivity contribution < 1.29 is 14.7 Å². The summed E-state index contributed by atoms with van der Waals surface area (Å²) in [7, 11) is 4.26. The molecule has 0 atom stereocenters. The number of carbonyl (C=O) groups is 2. The highest BCUT2D eigenvalue weighted by Crippen LogP contribution is 2.47. The first-order valence-electron chi connectivity index (χ1n) is 8.74. The molecule has 0 heterocycles. The fraction of sp³-hybridized carbons (Fsp3) is 0.579. The van der Waals surface area contributed by atoms with Crippen molar-refractivity contribution in [1.29, 1.82) is 0 Å². The van der Waals surface area contributed by atoms with Crippen LogP contribution >= 0.6 is 0 Å². The number of aliphatic carboxylic acids is 1. The Hall–Kier alpha value is -2.08. The summed E-state index contributed by atoms with van der Waals surface area (Å²) in [5, 5.41) is 13.8. The molecular formula is C19H29N3O3. The molecule has 0 unspecified atom stereocenters. The van der Waals surface area contributed by atoms with E-state index in [1.165, 1.54) is 5.56 Å². The molecule has 1 aliphatic carbocycles. The molecule has 1 saturated carbocycles. The number of nitrogens with zero attached hydrogens (tertiary/aromatic N) is 1. The van der Waals surface area contributed by atoms with Crippen LogP contribution in [0.3, 0.4) is 0 Å². The van der Waals surface area contributed by atoms with Gasteiger partial charge in [-0.05, 0) is 50.8 Å². The summed E-state index contributed by atoms with van der Waals surface area (Å²) in [6, 6.07) is 10.2. The number of rotatable bonds is 6. The van der Waals surface area contributed by atoms with Gasteiger partial charge in [0, 0.05) is 12.1 Å². The largest absolute Gasteiger partial charge is 0.480 e. The Labute approximate surface area is 149 Å². The second-order valence-electron chi connectivity index (χ2n) is 7.53. The molecule has 0 spiro atoms. The highest BCUT2D eigenvalue weighted by molar-refractivity contribution is 5.79. The fourth-order valence-electron chi connectivity index (χ4n) is 3.70. The lowest BCUT2D eigenvalue weighted by molar-refractivity contribution is -0.135. The molecule has 1 fully saturated rings. The van der Waals surface area contributed by atoms with Crippen LogP contribution in [0.15, 0.2) is 30.3 Å². The minimum Gasteiger partial charge on any atom is -0.480 e. The summed E-state index contributed by atoms with van der Waals surface area (Å²) < 4.78 is 0. The Morgan fingerprint density at radius 1 is 1.08 bits per heavy atom. The zero-order valence-electron chi connectivity index (χ0n) is 15.3. The van der Waals surface area contributed by atoms with Gasteiger partial charge in [-0.25, -0.2) is 4.79 Å². The Bertz CT molecular complexity index is 593. The standard InChI is InChI=1S/C19H29N3O3/c1-18(14-21-17(25)20-13-16(23)24)9-11-19(12-10-18,22(2)3)15-7-5-4-6-8-15/h4-8H,9-14H2,1-3H3,(H,23,24)(H2,20,21,25)/t18-,19-. The quantitative estimate of drug-likeness (QED) is 0.738. The summed E-state index contributed by atoms with van der Waals surface area (Å²) in [5.41, 5.74) is 1.40. The lowest BCUT2D eigenvalue weighted by Crippen LogP contribution is -2.49. The van der Waals surface area contributed by atoms with E-state index in [9.17, 15) is 9.59 Å². The van der Waals surface area contributed by atoms with Crippen LogP contribution in [0.1, 0.15) is 38.2 Å². The number of carboxylic acid groups (broad SMARTS) is 1. The van der Waals surface area contributed by atoms with E-state index in [4.69, 9.17) is 5.11 Å². The van der Waals surface area contributed by atoms with E-state index >= 15 is 0 Å². The average molecular weight is 347 g/mol. The predicted molar refractivity (Wildman–Crippen MR) is 97.4 cm³/mol. The van der Waals surface area contributed by atoms with Crippen molar-refractivity contribution in [1.82, 2.24) is 15.5 Å². The molecule has 2 amide bonds. The van der Waals surface area contributed by atoms with Crippen LogP contribution in [-0.4, -0.2) is 49.2 Å². The van der Waals surface area contributed by atoms with Gasteiger partial charge < -0.3 is 15.7 Å². The third-order valence-corrected chi connectivity index (χ3v) is 5.53. The van der Waals surface area contributed by atoms with E-state index < -0.39 is 12.0 Å². The molecule has 0 aliphatic heterocycles. The first-order chi connectivity index (χ1) is 11.8. The molecule has 0 aromatic heterocycles. The van der Waals surface area contributed by atoms with E-state index in [1.54, 1.807) is 0 Å². The number of benzene rings is 1. The Kier molecular flexibility index (Phi) is 6.06. The second-order valence-corrected chi connectivity index (χ2v) is 7.53. The smallest absolute Gasteiger partial charge is 0.323 e. The third kappa shape index (κ3) is 4.72. The molecule has 2 rings (SSSR count). The summed E-state index contributed by atoms with van der Waals surface area (Å²) in [5.74, 6) is -1.04. The summed E-state index contributed by atoms with van der Waals surface area (Å²) >= 11 is 0. The zero-order chi connectivity index (χ0) is 18.5. The summed E-state index contributed by atoms with van der Waals surface area (Å²) in [6.45, 7) is 2.38. The van der Waals surface area contributed by atoms with E-state index in [0.717, 1.165) is 25.7 Å². The van der Waals surface area contributed by atoms with Gasteiger partial charge in [-0.3, -0.25) is 9.69 Å². The van der Waals surface area contributed by atoms with E-state index in [-0.39, 0.29) is 17.5 Å². The lowest BCUT2D eigenvalue weighted by Gasteiger charge is -2.49. The first-order valence-corrected chi connectivity index (χ1v) is 8.74. The van der Waals surface area contributed by atoms with Crippen molar-refractivity contribution in [3.63, 3.8) is 0 Å². The topological polar surface area (TPSA) is 81.7 Å². The molecular weight excluding hydrogens is 318 g/mol. The van der Waals surface area contributed by atoms with Gasteiger partial charge in [0.25, 0.3) is 0 Å². The van der Waals surface area contributed by atoms with Gasteiger partial charge in [0.05, 0.1) is 0 Å². The monoisotopic (exact) mass is 347 g/mol. The van der Waals surface area contributed by atoms with Gasteiger partial charge in [-0.15, -0.1) is 0 Å². The zero-order valence-corrected chi connectivity index (χ0v) is 15.3. The Morgan fingerprint density at radius 2 is 1.68 bits per heavy atom. The van der Waals surface area contributed by atoms with Crippen LogP contribution in [0.25, 0.3) is 0 Å². The third-order valence-electron chi connectivity index (χ3n) is 5.53. The minimum atomic E-state index is -1.04. The van der Waals surface area contributed by atoms with Crippen molar-refractivity contribution in [2.75, 3.05) is 27.2 Å². The second kappa shape index (κ2) is 7.87. The normalized spacial score (nSPS) is 26.2. The molecule has 1 aromatic rings. The molecule has 25 heavy (non-hydrogen) atoms. The van der Waals surface area contributed by atoms with Crippen LogP contribution in [0, 0.1) is 5.41 Å². The molecule has 0 bridgehead atoms. The fourth-order valence-corrected chi connectivity index (χ4v) is 3.70. The average Bonchev–Trinajstić information content (AvgIpc) is 2.59. The molecule has 0 saturated heterocycles. The van der Waals surface area contributed by atoms with Gasteiger partial charge in [-0.2, -0.15) is 0 Å². The molecule has 0 radical (unpaired) electrons. The van der Waals surface area contributed by atoms with Gasteiger partial charge in [0.2, 0.25) is 0 Å². The van der Waals surface area contributed by atoms with Crippen LogP contribution in [0.4, 0.5) is 4.79 Å². The van der Waals surface area contributed by atoms with Crippen LogP contribution in [0.5, 0.6) is 0 Å². The molecule has 6 nitrogen and oxygen atoms in total.